The van der Waals surface area contributed by atoms with Crippen LogP contribution in [0.15, 0.2) is 35.4 Å². The second kappa shape index (κ2) is 4.51. The van der Waals surface area contributed by atoms with Crippen LogP contribution in [0, 0.1) is 0 Å². The third kappa shape index (κ3) is 2.00. The third-order valence-electron chi connectivity index (χ3n) is 2.13. The molecular weight excluding hydrogens is 224 g/mol. The minimum Gasteiger partial charge on any atom is -0.277 e. The van der Waals surface area contributed by atoms with Gasteiger partial charge in [0, 0.05) is 16.5 Å². The van der Waals surface area contributed by atoms with Crippen molar-refractivity contribution in [3.8, 4) is 0 Å². The standard InChI is InChI=1S/C11H10N2O2S/c1-15-13-11(14)9-6-8(16)5-7-3-2-4-12-10(7)9/h2-6,16H,1H3,(H,13,14). The van der Waals surface area contributed by atoms with Crippen LogP contribution in [0.5, 0.6) is 0 Å². The van der Waals surface area contributed by atoms with Crippen molar-refractivity contribution in [2.75, 3.05) is 7.11 Å². The van der Waals surface area contributed by atoms with Crippen molar-refractivity contribution in [3.63, 3.8) is 0 Å². The Morgan fingerprint density at radius 1 is 1.50 bits per heavy atom. The van der Waals surface area contributed by atoms with E-state index < -0.39 is 0 Å². The van der Waals surface area contributed by atoms with E-state index >= 15 is 0 Å². The summed E-state index contributed by atoms with van der Waals surface area (Å²) in [4.78, 5) is 21.2. The number of rotatable bonds is 2. The Hall–Kier alpha value is -1.59. The molecular formula is C11H10N2O2S. The van der Waals surface area contributed by atoms with Crippen LogP contribution >= 0.6 is 12.6 Å². The van der Waals surface area contributed by atoms with Crippen molar-refractivity contribution >= 4 is 29.4 Å². The number of hydrogen-bond donors (Lipinski definition) is 2. The first-order valence-corrected chi connectivity index (χ1v) is 5.08. The van der Waals surface area contributed by atoms with Gasteiger partial charge in [-0.05, 0) is 18.2 Å². The number of hydrogen-bond acceptors (Lipinski definition) is 4. The lowest BCUT2D eigenvalue weighted by atomic mass is 10.1. The molecule has 0 aliphatic heterocycles. The largest absolute Gasteiger partial charge is 0.277 e. The van der Waals surface area contributed by atoms with Crippen molar-refractivity contribution in [1.82, 2.24) is 10.5 Å². The number of carbonyl (C=O) groups excluding carboxylic acids is 1. The zero-order valence-electron chi connectivity index (χ0n) is 8.60. The number of hydroxylamine groups is 1. The molecule has 1 aromatic carbocycles. The van der Waals surface area contributed by atoms with Gasteiger partial charge >= 0.3 is 0 Å². The molecule has 1 N–H and O–H groups in total. The van der Waals surface area contributed by atoms with Gasteiger partial charge < -0.3 is 0 Å². The number of fused-ring (bicyclic) bond motifs is 1. The lowest BCUT2D eigenvalue weighted by Crippen LogP contribution is -2.22. The van der Waals surface area contributed by atoms with Crippen molar-refractivity contribution in [2.24, 2.45) is 0 Å². The summed E-state index contributed by atoms with van der Waals surface area (Å²) in [6.45, 7) is 0. The van der Waals surface area contributed by atoms with Crippen molar-refractivity contribution in [1.29, 1.82) is 0 Å². The molecule has 0 atom stereocenters. The molecule has 0 spiro atoms. The van der Waals surface area contributed by atoms with Gasteiger partial charge in [0.1, 0.15) is 0 Å². The predicted octanol–water partition coefficient (Wildman–Crippen LogP) is 1.81. The molecule has 16 heavy (non-hydrogen) atoms. The molecule has 2 aromatic rings. The Balaban J connectivity index is 2.63. The van der Waals surface area contributed by atoms with Gasteiger partial charge in [-0.15, -0.1) is 12.6 Å². The molecule has 1 heterocycles. The van der Waals surface area contributed by atoms with Gasteiger partial charge in [-0.2, -0.15) is 0 Å². The highest BCUT2D eigenvalue weighted by Crippen LogP contribution is 2.21. The molecule has 0 radical (unpaired) electrons. The normalized spacial score (nSPS) is 10.4. The van der Waals surface area contributed by atoms with Crippen LogP contribution in [-0.2, 0) is 4.84 Å². The van der Waals surface area contributed by atoms with Crippen LogP contribution in [0.3, 0.4) is 0 Å². The number of thiol groups is 1. The fraction of sp³-hybridized carbons (Fsp3) is 0.0909. The quantitative estimate of drug-likeness (QED) is 0.615. The number of nitrogens with zero attached hydrogens (tertiary/aromatic N) is 1. The van der Waals surface area contributed by atoms with Crippen molar-refractivity contribution < 1.29 is 9.63 Å². The van der Waals surface area contributed by atoms with E-state index in [-0.39, 0.29) is 5.91 Å². The molecule has 0 saturated heterocycles. The van der Waals surface area contributed by atoms with Gasteiger partial charge in [0.15, 0.2) is 0 Å². The minimum atomic E-state index is -0.331. The summed E-state index contributed by atoms with van der Waals surface area (Å²) in [6.07, 6.45) is 1.64. The molecule has 5 heteroatoms. The van der Waals surface area contributed by atoms with E-state index in [0.717, 1.165) is 5.39 Å². The summed E-state index contributed by atoms with van der Waals surface area (Å²) in [7, 11) is 1.39. The lowest BCUT2D eigenvalue weighted by Gasteiger charge is -2.06. The monoisotopic (exact) mass is 234 g/mol. The fourth-order valence-electron chi connectivity index (χ4n) is 1.50. The summed E-state index contributed by atoms with van der Waals surface area (Å²) in [6, 6.07) is 7.21. The first kappa shape index (κ1) is 10.9. The van der Waals surface area contributed by atoms with Crippen LogP contribution in [0.4, 0.5) is 0 Å². The molecule has 0 fully saturated rings. The molecule has 82 valence electrons. The van der Waals surface area contributed by atoms with E-state index in [1.54, 1.807) is 12.3 Å². The van der Waals surface area contributed by atoms with E-state index in [2.05, 4.69) is 27.9 Å². The van der Waals surface area contributed by atoms with Gasteiger partial charge in [-0.1, -0.05) is 6.07 Å². The predicted molar refractivity (Wildman–Crippen MR) is 63.5 cm³/mol. The second-order valence-corrected chi connectivity index (χ2v) is 3.72. The molecule has 1 aromatic heterocycles. The van der Waals surface area contributed by atoms with Crippen molar-refractivity contribution in [3.05, 3.63) is 36.0 Å². The number of benzene rings is 1. The van der Waals surface area contributed by atoms with E-state index in [9.17, 15) is 4.79 Å². The minimum absolute atomic E-state index is 0.331. The maximum absolute atomic E-state index is 11.7. The number of carbonyl (C=O) groups is 1. The van der Waals surface area contributed by atoms with E-state index in [0.29, 0.717) is 16.0 Å². The summed E-state index contributed by atoms with van der Waals surface area (Å²) in [5, 5.41) is 0.872. The maximum Gasteiger partial charge on any atom is 0.277 e. The molecule has 2 rings (SSSR count). The fourth-order valence-corrected chi connectivity index (χ4v) is 1.77. The Labute approximate surface area is 98.0 Å². The Morgan fingerprint density at radius 2 is 2.31 bits per heavy atom. The highest BCUT2D eigenvalue weighted by atomic mass is 32.1. The Morgan fingerprint density at radius 3 is 3.06 bits per heavy atom. The highest BCUT2D eigenvalue weighted by Gasteiger charge is 2.11. The molecule has 1 amide bonds. The van der Waals surface area contributed by atoms with Gasteiger partial charge in [0.2, 0.25) is 0 Å². The SMILES string of the molecule is CONC(=O)c1cc(S)cc2cccnc12. The third-order valence-corrected chi connectivity index (χ3v) is 2.39. The molecule has 0 aliphatic rings. The number of nitrogens with one attached hydrogen (secondary N) is 1. The average Bonchev–Trinajstić information content (AvgIpc) is 2.28. The maximum atomic E-state index is 11.7. The summed E-state index contributed by atoms with van der Waals surface area (Å²) >= 11 is 4.24. The summed E-state index contributed by atoms with van der Waals surface area (Å²) in [5.41, 5.74) is 3.35. The number of aromatic nitrogens is 1. The van der Waals surface area contributed by atoms with Gasteiger partial charge in [0.05, 0.1) is 18.2 Å². The van der Waals surface area contributed by atoms with Gasteiger partial charge in [0.25, 0.3) is 5.91 Å². The van der Waals surface area contributed by atoms with E-state index in [1.807, 2.05) is 18.2 Å². The lowest BCUT2D eigenvalue weighted by molar-refractivity contribution is 0.0539. The average molecular weight is 234 g/mol. The van der Waals surface area contributed by atoms with Crippen LogP contribution in [0.1, 0.15) is 10.4 Å². The zero-order valence-corrected chi connectivity index (χ0v) is 9.49. The summed E-state index contributed by atoms with van der Waals surface area (Å²) < 4.78 is 0. The Kier molecular flexibility index (Phi) is 3.07. The summed E-state index contributed by atoms with van der Waals surface area (Å²) in [5.74, 6) is -0.331. The van der Waals surface area contributed by atoms with E-state index in [4.69, 9.17) is 0 Å². The van der Waals surface area contributed by atoms with Gasteiger partial charge in [-0.3, -0.25) is 14.6 Å². The number of pyridine rings is 1. The highest BCUT2D eigenvalue weighted by molar-refractivity contribution is 7.80. The van der Waals surface area contributed by atoms with Gasteiger partial charge in [-0.25, -0.2) is 5.48 Å². The molecule has 4 nitrogen and oxygen atoms in total. The smallest absolute Gasteiger partial charge is 0.277 e. The Bertz CT molecular complexity index is 542. The molecule has 0 saturated carbocycles. The van der Waals surface area contributed by atoms with Crippen molar-refractivity contribution in [2.45, 2.75) is 4.90 Å². The van der Waals surface area contributed by atoms with Crippen LogP contribution in [-0.4, -0.2) is 18.0 Å². The number of amides is 1. The topological polar surface area (TPSA) is 51.2 Å². The molecule has 0 aliphatic carbocycles. The van der Waals surface area contributed by atoms with Crippen LogP contribution in [0.25, 0.3) is 10.9 Å². The zero-order chi connectivity index (χ0) is 11.5. The van der Waals surface area contributed by atoms with Crippen LogP contribution in [0.2, 0.25) is 0 Å². The molecule has 0 unspecified atom stereocenters. The van der Waals surface area contributed by atoms with Crippen LogP contribution < -0.4 is 5.48 Å². The molecule has 0 bridgehead atoms. The first-order chi connectivity index (χ1) is 7.72. The van der Waals surface area contributed by atoms with E-state index in [1.165, 1.54) is 7.11 Å². The second-order valence-electron chi connectivity index (χ2n) is 3.20. The first-order valence-electron chi connectivity index (χ1n) is 4.63.